The van der Waals surface area contributed by atoms with Crippen molar-refractivity contribution >= 4 is 34.4 Å². The van der Waals surface area contributed by atoms with Gasteiger partial charge in [-0.2, -0.15) is 5.21 Å². The lowest BCUT2D eigenvalue weighted by molar-refractivity contribution is 0.186. The largest absolute Gasteiger partial charge is 0.383 e. The Morgan fingerprint density at radius 1 is 1.41 bits per heavy atom. The summed E-state index contributed by atoms with van der Waals surface area (Å²) in [5.74, 6) is 1.53. The molecular weight excluding hydrogens is 324 g/mol. The number of nitrogens with zero attached hydrogens (tertiary/aromatic N) is 5. The van der Waals surface area contributed by atoms with E-state index in [1.54, 1.807) is 18.9 Å². The van der Waals surface area contributed by atoms with E-state index >= 15 is 0 Å². The molecule has 0 unspecified atom stereocenters. The summed E-state index contributed by atoms with van der Waals surface area (Å²) in [5.41, 5.74) is 1.95. The molecule has 0 bridgehead atoms. The third-order valence-corrected chi connectivity index (χ3v) is 4.35. The van der Waals surface area contributed by atoms with Gasteiger partial charge in [-0.15, -0.1) is 10.2 Å². The summed E-state index contributed by atoms with van der Waals surface area (Å²) in [7, 11) is 1.69. The molecular formula is C13H15ClN6OS. The van der Waals surface area contributed by atoms with Gasteiger partial charge in [0.05, 0.1) is 17.6 Å². The normalized spacial score (nSPS) is 11.4. The van der Waals surface area contributed by atoms with Gasteiger partial charge in [-0.3, -0.25) is 0 Å². The molecule has 0 aliphatic rings. The van der Waals surface area contributed by atoms with Crippen LogP contribution < -0.4 is 0 Å². The Kier molecular flexibility index (Phi) is 4.91. The number of nitrogens with one attached hydrogen (secondary N) is 1. The number of fused-ring (bicyclic) bond motifs is 1. The van der Waals surface area contributed by atoms with E-state index in [2.05, 4.69) is 30.2 Å². The number of hydrogen-bond donors (Lipinski definition) is 1. The molecule has 0 aliphatic carbocycles. The second kappa shape index (κ2) is 7.08. The number of benzene rings is 1. The van der Waals surface area contributed by atoms with Crippen LogP contribution in [0.5, 0.6) is 0 Å². The van der Waals surface area contributed by atoms with E-state index in [9.17, 15) is 0 Å². The molecule has 1 aromatic carbocycles. The highest BCUT2D eigenvalue weighted by molar-refractivity contribution is 7.99. The number of thioether (sulfide) groups is 1. The molecule has 9 heteroatoms. The zero-order valence-corrected chi connectivity index (χ0v) is 13.6. The fraction of sp³-hybridized carbons (Fsp3) is 0.385. The van der Waals surface area contributed by atoms with Crippen LogP contribution in [0.2, 0.25) is 5.02 Å². The molecule has 2 aromatic heterocycles. The Labute approximate surface area is 136 Å². The van der Waals surface area contributed by atoms with E-state index in [1.165, 1.54) is 0 Å². The van der Waals surface area contributed by atoms with Gasteiger partial charge in [0.25, 0.3) is 0 Å². The van der Waals surface area contributed by atoms with Gasteiger partial charge in [0, 0.05) is 30.9 Å². The van der Waals surface area contributed by atoms with Crippen molar-refractivity contribution in [3.8, 4) is 0 Å². The highest BCUT2D eigenvalue weighted by atomic mass is 35.5. The number of halogens is 1. The minimum Gasteiger partial charge on any atom is -0.383 e. The van der Waals surface area contributed by atoms with E-state index in [1.807, 2.05) is 18.2 Å². The number of rotatable bonds is 7. The predicted molar refractivity (Wildman–Crippen MR) is 85.2 cm³/mol. The van der Waals surface area contributed by atoms with Crippen LogP contribution in [-0.2, 0) is 17.7 Å². The van der Waals surface area contributed by atoms with Crippen molar-refractivity contribution in [3.05, 3.63) is 29.0 Å². The molecule has 0 aliphatic heterocycles. The number of hydrogen-bond acceptors (Lipinski definition) is 6. The summed E-state index contributed by atoms with van der Waals surface area (Å²) in [5, 5.41) is 15.5. The number of imidazole rings is 1. The highest BCUT2D eigenvalue weighted by Gasteiger charge is 2.12. The third kappa shape index (κ3) is 3.40. The first kappa shape index (κ1) is 15.3. The van der Waals surface area contributed by atoms with E-state index < -0.39 is 0 Å². The molecule has 3 aromatic rings. The van der Waals surface area contributed by atoms with Crippen LogP contribution in [0, 0.1) is 0 Å². The number of tetrazole rings is 1. The minimum atomic E-state index is 0.631. The van der Waals surface area contributed by atoms with Crippen molar-refractivity contribution in [2.24, 2.45) is 0 Å². The third-order valence-electron chi connectivity index (χ3n) is 3.14. The number of aromatic amines is 1. The maximum atomic E-state index is 6.05. The van der Waals surface area contributed by atoms with Crippen molar-refractivity contribution in [2.75, 3.05) is 19.5 Å². The Morgan fingerprint density at radius 2 is 2.32 bits per heavy atom. The summed E-state index contributed by atoms with van der Waals surface area (Å²) in [4.78, 5) is 4.67. The van der Waals surface area contributed by atoms with Gasteiger partial charge in [-0.05, 0) is 18.2 Å². The maximum Gasteiger partial charge on any atom is 0.175 e. The first-order valence-electron chi connectivity index (χ1n) is 6.78. The lowest BCUT2D eigenvalue weighted by Crippen LogP contribution is -2.06. The SMILES string of the molecule is COCCn1c(SCCc2nn[nH]n2)nc2cc(Cl)ccc21. The van der Waals surface area contributed by atoms with E-state index in [0.29, 0.717) is 17.5 Å². The molecule has 0 amide bonds. The molecule has 0 saturated heterocycles. The van der Waals surface area contributed by atoms with Crippen LogP contribution in [0.4, 0.5) is 0 Å². The number of aryl methyl sites for hydroxylation is 1. The second-order valence-corrected chi connectivity index (χ2v) is 6.10. The molecule has 0 spiro atoms. The highest BCUT2D eigenvalue weighted by Crippen LogP contribution is 2.26. The molecule has 0 fully saturated rings. The lowest BCUT2D eigenvalue weighted by Gasteiger charge is -2.07. The van der Waals surface area contributed by atoms with Crippen molar-refractivity contribution < 1.29 is 4.74 Å². The molecule has 2 heterocycles. The van der Waals surface area contributed by atoms with Crippen LogP contribution >= 0.6 is 23.4 Å². The number of ether oxygens (including phenoxy) is 1. The van der Waals surface area contributed by atoms with Crippen LogP contribution in [0.3, 0.4) is 0 Å². The van der Waals surface area contributed by atoms with Crippen molar-refractivity contribution in [1.29, 1.82) is 0 Å². The lowest BCUT2D eigenvalue weighted by atomic mass is 10.3. The standard InChI is InChI=1S/C13H15ClN6OS/c1-21-6-5-20-11-3-2-9(14)8-10(11)15-13(20)22-7-4-12-16-18-19-17-12/h2-3,8H,4-7H2,1H3,(H,16,17,18,19). The zero-order valence-electron chi connectivity index (χ0n) is 12.0. The number of aromatic nitrogens is 6. The molecule has 116 valence electrons. The quantitative estimate of drug-likeness (QED) is 0.665. The monoisotopic (exact) mass is 338 g/mol. The van der Waals surface area contributed by atoms with E-state index in [0.717, 1.165) is 34.9 Å². The van der Waals surface area contributed by atoms with Gasteiger partial charge in [-0.1, -0.05) is 28.6 Å². The van der Waals surface area contributed by atoms with E-state index in [-0.39, 0.29) is 0 Å². The Morgan fingerprint density at radius 3 is 3.09 bits per heavy atom. The van der Waals surface area contributed by atoms with Gasteiger partial charge in [0.15, 0.2) is 11.0 Å². The average molecular weight is 339 g/mol. The fourth-order valence-corrected chi connectivity index (χ4v) is 3.25. The van der Waals surface area contributed by atoms with Crippen LogP contribution in [-0.4, -0.2) is 49.6 Å². The second-order valence-electron chi connectivity index (χ2n) is 4.60. The van der Waals surface area contributed by atoms with Crippen LogP contribution in [0.15, 0.2) is 23.4 Å². The van der Waals surface area contributed by atoms with Gasteiger partial charge in [0.2, 0.25) is 0 Å². The first-order valence-corrected chi connectivity index (χ1v) is 8.14. The Bertz CT molecular complexity index is 744. The van der Waals surface area contributed by atoms with Crippen LogP contribution in [0.1, 0.15) is 5.82 Å². The van der Waals surface area contributed by atoms with Gasteiger partial charge in [0.1, 0.15) is 0 Å². The number of methoxy groups -OCH3 is 1. The molecule has 0 saturated carbocycles. The molecule has 22 heavy (non-hydrogen) atoms. The van der Waals surface area contributed by atoms with Crippen molar-refractivity contribution in [3.63, 3.8) is 0 Å². The van der Waals surface area contributed by atoms with Gasteiger partial charge < -0.3 is 9.30 Å². The van der Waals surface area contributed by atoms with Crippen LogP contribution in [0.25, 0.3) is 11.0 Å². The van der Waals surface area contributed by atoms with Gasteiger partial charge >= 0.3 is 0 Å². The van der Waals surface area contributed by atoms with E-state index in [4.69, 9.17) is 16.3 Å². The molecule has 0 atom stereocenters. The smallest absolute Gasteiger partial charge is 0.175 e. The minimum absolute atomic E-state index is 0.631. The maximum absolute atomic E-state index is 6.05. The summed E-state index contributed by atoms with van der Waals surface area (Å²) in [6.07, 6.45) is 0.732. The molecule has 0 radical (unpaired) electrons. The summed E-state index contributed by atoms with van der Waals surface area (Å²) in [6, 6.07) is 5.75. The Balaban J connectivity index is 1.79. The summed E-state index contributed by atoms with van der Waals surface area (Å²) in [6.45, 7) is 1.38. The molecule has 3 rings (SSSR count). The zero-order chi connectivity index (χ0) is 15.4. The Hall–Kier alpha value is -1.64. The first-order chi connectivity index (χ1) is 10.8. The van der Waals surface area contributed by atoms with Crippen molar-refractivity contribution in [1.82, 2.24) is 30.2 Å². The average Bonchev–Trinajstić information content (AvgIpc) is 3.12. The fourth-order valence-electron chi connectivity index (χ4n) is 2.11. The number of H-pyrrole nitrogens is 1. The van der Waals surface area contributed by atoms with Crippen molar-refractivity contribution in [2.45, 2.75) is 18.1 Å². The topological polar surface area (TPSA) is 81.5 Å². The van der Waals surface area contributed by atoms with Gasteiger partial charge in [-0.25, -0.2) is 4.98 Å². The molecule has 1 N–H and O–H groups in total. The predicted octanol–water partition coefficient (Wildman–Crippen LogP) is 2.18. The molecule has 7 nitrogen and oxygen atoms in total. The summed E-state index contributed by atoms with van der Waals surface area (Å²) < 4.78 is 7.34. The summed E-state index contributed by atoms with van der Waals surface area (Å²) >= 11 is 7.71.